The van der Waals surface area contributed by atoms with Crippen LogP contribution in [-0.4, -0.2) is 51.4 Å². The van der Waals surface area contributed by atoms with Gasteiger partial charge in [0.25, 0.3) is 10.0 Å². The van der Waals surface area contributed by atoms with Gasteiger partial charge in [0.2, 0.25) is 11.8 Å². The fraction of sp³-hybridized carbons (Fsp3) is 0.212. The Kier molecular flexibility index (Phi) is 11.0. The Balaban J connectivity index is 1.78. The quantitative estimate of drug-likeness (QED) is 0.210. The third-order valence-corrected chi connectivity index (χ3v) is 8.90. The van der Waals surface area contributed by atoms with Crippen LogP contribution in [0.4, 0.5) is 10.1 Å². The molecule has 0 bridgehead atoms. The van der Waals surface area contributed by atoms with E-state index in [1.807, 2.05) is 37.3 Å². The first kappa shape index (κ1) is 32.5. The lowest BCUT2D eigenvalue weighted by Gasteiger charge is -2.33. The predicted octanol–water partition coefficient (Wildman–Crippen LogP) is 5.46. The monoisotopic (exact) mass is 637 g/mol. The van der Waals surface area contributed by atoms with Crippen LogP contribution in [0, 0.1) is 5.82 Å². The minimum absolute atomic E-state index is 0.0158. The molecule has 44 heavy (non-hydrogen) atoms. The van der Waals surface area contributed by atoms with Gasteiger partial charge in [-0.1, -0.05) is 54.1 Å². The average Bonchev–Trinajstić information content (AvgIpc) is 3.02. The van der Waals surface area contributed by atoms with Crippen LogP contribution in [0.5, 0.6) is 5.75 Å². The molecule has 0 unspecified atom stereocenters. The summed E-state index contributed by atoms with van der Waals surface area (Å²) >= 11 is 6.24. The van der Waals surface area contributed by atoms with Gasteiger partial charge in [0.15, 0.2) is 0 Å². The third-order valence-electron chi connectivity index (χ3n) is 6.88. The largest absolute Gasteiger partial charge is 0.494 e. The number of benzene rings is 4. The smallest absolute Gasteiger partial charge is 0.264 e. The highest BCUT2D eigenvalue weighted by Gasteiger charge is 2.34. The Morgan fingerprint density at radius 3 is 2.18 bits per heavy atom. The molecule has 0 heterocycles. The highest BCUT2D eigenvalue weighted by molar-refractivity contribution is 7.92. The number of halogens is 2. The zero-order valence-electron chi connectivity index (χ0n) is 24.3. The third kappa shape index (κ3) is 8.15. The van der Waals surface area contributed by atoms with Gasteiger partial charge in [-0.15, -0.1) is 0 Å². The zero-order chi connectivity index (χ0) is 31.7. The summed E-state index contributed by atoms with van der Waals surface area (Å²) in [6, 6.07) is 25.7. The number of likely N-dealkylation sites (N-methyl/N-ethyl adjacent to an activating group) is 1. The summed E-state index contributed by atoms with van der Waals surface area (Å²) in [6.45, 7) is 1.58. The average molecular weight is 638 g/mol. The number of ether oxygens (including phenoxy) is 1. The molecule has 1 N–H and O–H groups in total. The number of anilines is 1. The second kappa shape index (κ2) is 14.9. The number of sulfonamides is 1. The molecule has 1 atom stereocenters. The van der Waals surface area contributed by atoms with E-state index in [4.69, 9.17) is 16.3 Å². The van der Waals surface area contributed by atoms with Crippen molar-refractivity contribution in [3.63, 3.8) is 0 Å². The van der Waals surface area contributed by atoms with E-state index < -0.39 is 40.2 Å². The Morgan fingerprint density at radius 1 is 0.909 bits per heavy atom. The number of hydrogen-bond acceptors (Lipinski definition) is 5. The molecule has 4 rings (SSSR count). The summed E-state index contributed by atoms with van der Waals surface area (Å²) in [7, 11) is -2.88. The molecular weight excluding hydrogens is 605 g/mol. The van der Waals surface area contributed by atoms with Gasteiger partial charge in [-0.25, -0.2) is 12.8 Å². The molecular formula is C33H33ClFN3O5S. The topological polar surface area (TPSA) is 96.0 Å². The van der Waals surface area contributed by atoms with Crippen LogP contribution in [0.15, 0.2) is 108 Å². The highest BCUT2D eigenvalue weighted by atomic mass is 35.5. The Labute approximate surface area is 262 Å². The van der Waals surface area contributed by atoms with Crippen molar-refractivity contribution in [2.75, 3.05) is 24.5 Å². The molecule has 0 aliphatic carbocycles. The van der Waals surface area contributed by atoms with Crippen LogP contribution in [0.2, 0.25) is 5.02 Å². The molecule has 0 aliphatic heterocycles. The number of rotatable bonds is 13. The number of nitrogens with zero attached hydrogens (tertiary/aromatic N) is 2. The number of hydrogen-bond donors (Lipinski definition) is 1. The minimum atomic E-state index is -4.36. The standard InChI is InChI=1S/C33H33ClFN3O5S/c1-3-43-29-16-14-28(15-17-29)38(44(41,42)30-18-12-27(35)13-19-30)23-32(39)37(22-25-10-7-11-26(34)20-25)31(33(40)36-2)21-24-8-5-4-6-9-24/h4-20,31H,3,21-23H2,1-2H3,(H,36,40)/t31-/m0/s1. The molecule has 11 heteroatoms. The summed E-state index contributed by atoms with van der Waals surface area (Å²) in [5.41, 5.74) is 1.66. The number of carbonyl (C=O) groups excluding carboxylic acids is 2. The lowest BCUT2D eigenvalue weighted by atomic mass is 10.0. The molecule has 0 saturated heterocycles. The van der Waals surface area contributed by atoms with Crippen LogP contribution in [0.3, 0.4) is 0 Å². The summed E-state index contributed by atoms with van der Waals surface area (Å²) in [5, 5.41) is 3.09. The zero-order valence-corrected chi connectivity index (χ0v) is 25.9. The summed E-state index contributed by atoms with van der Waals surface area (Å²) in [4.78, 5) is 28.8. The lowest BCUT2D eigenvalue weighted by Crippen LogP contribution is -2.53. The van der Waals surface area contributed by atoms with E-state index in [1.165, 1.54) is 24.1 Å². The van der Waals surface area contributed by atoms with Gasteiger partial charge in [-0.05, 0) is 78.7 Å². The first-order valence-electron chi connectivity index (χ1n) is 13.9. The van der Waals surface area contributed by atoms with E-state index >= 15 is 0 Å². The first-order valence-corrected chi connectivity index (χ1v) is 15.7. The van der Waals surface area contributed by atoms with Crippen LogP contribution in [0.1, 0.15) is 18.1 Å². The Morgan fingerprint density at radius 2 is 1.57 bits per heavy atom. The van der Waals surface area contributed by atoms with Crippen molar-refractivity contribution in [2.45, 2.75) is 30.8 Å². The van der Waals surface area contributed by atoms with Gasteiger partial charge in [-0.3, -0.25) is 13.9 Å². The van der Waals surface area contributed by atoms with E-state index in [0.717, 1.165) is 34.1 Å². The maximum atomic E-state index is 14.3. The number of amides is 2. The van der Waals surface area contributed by atoms with E-state index in [-0.39, 0.29) is 23.5 Å². The van der Waals surface area contributed by atoms with Crippen LogP contribution in [-0.2, 0) is 32.6 Å². The first-order chi connectivity index (χ1) is 21.1. The van der Waals surface area contributed by atoms with Gasteiger partial charge in [0.1, 0.15) is 24.2 Å². The van der Waals surface area contributed by atoms with Gasteiger partial charge < -0.3 is 15.0 Å². The number of nitrogens with one attached hydrogen (secondary N) is 1. The van der Waals surface area contributed by atoms with Crippen LogP contribution < -0.4 is 14.4 Å². The van der Waals surface area contributed by atoms with Crippen molar-refractivity contribution < 1.29 is 27.1 Å². The fourth-order valence-corrected chi connectivity index (χ4v) is 6.32. The summed E-state index contributed by atoms with van der Waals surface area (Å²) in [5.74, 6) is -1.13. The Bertz CT molecular complexity index is 1670. The maximum absolute atomic E-state index is 14.3. The second-order valence-electron chi connectivity index (χ2n) is 9.86. The van der Waals surface area contributed by atoms with Crippen LogP contribution in [0.25, 0.3) is 0 Å². The molecule has 0 aromatic heterocycles. The van der Waals surface area contributed by atoms with E-state index in [9.17, 15) is 22.4 Å². The van der Waals surface area contributed by atoms with E-state index in [2.05, 4.69) is 5.32 Å². The molecule has 0 spiro atoms. The summed E-state index contributed by atoms with van der Waals surface area (Å²) < 4.78 is 48.1. The van der Waals surface area contributed by atoms with Crippen LogP contribution >= 0.6 is 11.6 Å². The molecule has 4 aromatic rings. The van der Waals surface area contributed by atoms with Gasteiger partial charge in [0, 0.05) is 25.0 Å². The van der Waals surface area contributed by atoms with Gasteiger partial charge in [-0.2, -0.15) is 0 Å². The van der Waals surface area contributed by atoms with Crippen molar-refractivity contribution in [1.29, 1.82) is 0 Å². The molecule has 230 valence electrons. The molecule has 0 radical (unpaired) electrons. The van der Waals surface area contributed by atoms with Crippen molar-refractivity contribution in [3.05, 3.63) is 125 Å². The van der Waals surface area contributed by atoms with Crippen molar-refractivity contribution >= 4 is 39.1 Å². The molecule has 0 saturated carbocycles. The van der Waals surface area contributed by atoms with Crippen molar-refractivity contribution in [1.82, 2.24) is 10.2 Å². The van der Waals surface area contributed by atoms with Crippen molar-refractivity contribution in [2.24, 2.45) is 0 Å². The van der Waals surface area contributed by atoms with E-state index in [1.54, 1.807) is 36.4 Å². The minimum Gasteiger partial charge on any atom is -0.494 e. The van der Waals surface area contributed by atoms with Gasteiger partial charge >= 0.3 is 0 Å². The molecule has 8 nitrogen and oxygen atoms in total. The second-order valence-corrected chi connectivity index (χ2v) is 12.2. The molecule has 0 fully saturated rings. The normalized spacial score (nSPS) is 11.8. The molecule has 2 amide bonds. The lowest BCUT2D eigenvalue weighted by molar-refractivity contribution is -0.139. The van der Waals surface area contributed by atoms with Crippen molar-refractivity contribution in [3.8, 4) is 5.75 Å². The maximum Gasteiger partial charge on any atom is 0.264 e. The predicted molar refractivity (Wildman–Crippen MR) is 169 cm³/mol. The molecule has 4 aromatic carbocycles. The fourth-order valence-electron chi connectivity index (χ4n) is 4.69. The van der Waals surface area contributed by atoms with E-state index in [0.29, 0.717) is 22.9 Å². The number of carbonyl (C=O) groups is 2. The summed E-state index contributed by atoms with van der Waals surface area (Å²) in [6.07, 6.45) is 0.181. The SMILES string of the molecule is CCOc1ccc(N(CC(=O)N(Cc2cccc(Cl)c2)[C@@H](Cc2ccccc2)C(=O)NC)S(=O)(=O)c2ccc(F)cc2)cc1. The Hall–Kier alpha value is -4.41. The van der Waals surface area contributed by atoms with Gasteiger partial charge in [0.05, 0.1) is 17.2 Å². The molecule has 0 aliphatic rings. The highest BCUT2D eigenvalue weighted by Crippen LogP contribution is 2.27.